The number of carbonyl (C=O) groups is 6. The number of fused-ring (bicyclic) bond motifs is 1. The lowest BCUT2D eigenvalue weighted by molar-refractivity contribution is -0.145. The number of carbonyl (C=O) groups excluding carboxylic acids is 6. The smallest absolute Gasteiger partial charge is 0.328 e. The van der Waals surface area contributed by atoms with Crippen molar-refractivity contribution in [2.75, 3.05) is 7.11 Å². The zero-order valence-corrected chi connectivity index (χ0v) is 25.1. The molecule has 0 bridgehead atoms. The fourth-order valence-electron chi connectivity index (χ4n) is 5.02. The topological polar surface area (TPSA) is 225 Å². The third-order valence-electron chi connectivity index (χ3n) is 7.39. The molecule has 5 atom stereocenters. The molecule has 0 aliphatic carbocycles. The van der Waals surface area contributed by atoms with Crippen LogP contribution in [0.3, 0.4) is 0 Å². The molecule has 1 aliphatic heterocycles. The minimum absolute atomic E-state index is 0.0307. The highest BCUT2D eigenvalue weighted by molar-refractivity contribution is 5.99. The summed E-state index contributed by atoms with van der Waals surface area (Å²) in [4.78, 5) is 78.9. The normalized spacial score (nSPS) is 17.2. The van der Waals surface area contributed by atoms with Gasteiger partial charge in [0.15, 0.2) is 0 Å². The van der Waals surface area contributed by atoms with Gasteiger partial charge in [-0.3, -0.25) is 24.0 Å². The molecule has 46 heavy (non-hydrogen) atoms. The lowest BCUT2D eigenvalue weighted by Crippen LogP contribution is -2.53. The third-order valence-corrected chi connectivity index (χ3v) is 7.39. The standard InChI is InChI=1S/C32H36N6O8/c1-45-32(44)22(13-14-26(33)39)36-28(41)17-25-29(46-25)23(15-18-7-3-2-4-8-18)37-31(43)24(16-27(34)40)38-30(42)21-12-11-19-9-5-6-10-20(19)35-21/h2-12,22-25,29H,13-17H2,1H3,(H2,33,39)(H2,34,40)(H,36,41)(H,37,43)(H,38,42)/t22-,23?,24+,25?,29?/m0/s1. The lowest BCUT2D eigenvalue weighted by atomic mass is 9.99. The van der Waals surface area contributed by atoms with Crippen LogP contribution in [0.15, 0.2) is 66.7 Å². The van der Waals surface area contributed by atoms with E-state index in [-0.39, 0.29) is 25.0 Å². The summed E-state index contributed by atoms with van der Waals surface area (Å²) in [5, 5.41) is 8.79. The fourth-order valence-corrected chi connectivity index (χ4v) is 5.02. The van der Waals surface area contributed by atoms with E-state index in [0.29, 0.717) is 11.9 Å². The molecule has 7 N–H and O–H groups in total. The number of methoxy groups -OCH3 is 1. The Labute approximate surface area is 264 Å². The molecule has 3 aromatic rings. The Kier molecular flexibility index (Phi) is 11.3. The van der Waals surface area contributed by atoms with Gasteiger partial charge in [-0.05, 0) is 30.5 Å². The first-order valence-electron chi connectivity index (χ1n) is 14.6. The van der Waals surface area contributed by atoms with E-state index < -0.39 is 72.3 Å². The maximum atomic E-state index is 13.5. The molecular formula is C32H36N6O8. The largest absolute Gasteiger partial charge is 0.467 e. The zero-order valence-electron chi connectivity index (χ0n) is 25.1. The summed E-state index contributed by atoms with van der Waals surface area (Å²) in [5.41, 5.74) is 12.1. The van der Waals surface area contributed by atoms with E-state index >= 15 is 0 Å². The van der Waals surface area contributed by atoms with Crippen molar-refractivity contribution in [3.05, 3.63) is 78.0 Å². The van der Waals surface area contributed by atoms with E-state index in [2.05, 4.69) is 20.9 Å². The van der Waals surface area contributed by atoms with E-state index in [1.807, 2.05) is 42.5 Å². The Balaban J connectivity index is 1.45. The molecule has 2 aromatic carbocycles. The van der Waals surface area contributed by atoms with Gasteiger partial charge in [0.1, 0.15) is 23.9 Å². The Bertz CT molecular complexity index is 1600. The van der Waals surface area contributed by atoms with E-state index in [0.717, 1.165) is 18.1 Å². The van der Waals surface area contributed by atoms with Crippen molar-refractivity contribution in [3.8, 4) is 0 Å². The number of esters is 1. The zero-order chi connectivity index (χ0) is 33.2. The number of hydrogen-bond donors (Lipinski definition) is 5. The lowest BCUT2D eigenvalue weighted by Gasteiger charge is -2.22. The van der Waals surface area contributed by atoms with Gasteiger partial charge >= 0.3 is 5.97 Å². The average Bonchev–Trinajstić information content (AvgIpc) is 3.80. The first kappa shape index (κ1) is 33.5. The molecule has 1 aliphatic rings. The number of benzene rings is 2. The van der Waals surface area contributed by atoms with Crippen LogP contribution < -0.4 is 27.4 Å². The number of nitrogens with two attached hydrogens (primary N) is 2. The second-order valence-corrected chi connectivity index (χ2v) is 10.9. The van der Waals surface area contributed by atoms with Crippen molar-refractivity contribution >= 4 is 46.4 Å². The van der Waals surface area contributed by atoms with Gasteiger partial charge in [0.25, 0.3) is 5.91 Å². The molecule has 1 fully saturated rings. The van der Waals surface area contributed by atoms with Crippen LogP contribution in [0.25, 0.3) is 10.9 Å². The highest BCUT2D eigenvalue weighted by Gasteiger charge is 2.47. The van der Waals surface area contributed by atoms with Gasteiger partial charge in [0, 0.05) is 11.8 Å². The van der Waals surface area contributed by atoms with Crippen molar-refractivity contribution in [1.82, 2.24) is 20.9 Å². The maximum Gasteiger partial charge on any atom is 0.328 e. The van der Waals surface area contributed by atoms with Gasteiger partial charge in [-0.2, -0.15) is 0 Å². The molecule has 14 heteroatoms. The molecule has 4 rings (SSSR count). The van der Waals surface area contributed by atoms with E-state index in [4.69, 9.17) is 20.9 Å². The first-order valence-corrected chi connectivity index (χ1v) is 14.6. The van der Waals surface area contributed by atoms with Crippen LogP contribution in [0.4, 0.5) is 0 Å². The van der Waals surface area contributed by atoms with E-state index in [1.54, 1.807) is 18.2 Å². The van der Waals surface area contributed by atoms with Crippen LogP contribution in [0, 0.1) is 0 Å². The summed E-state index contributed by atoms with van der Waals surface area (Å²) < 4.78 is 10.5. The molecule has 5 amide bonds. The number of ether oxygens (including phenoxy) is 2. The van der Waals surface area contributed by atoms with Crippen molar-refractivity contribution < 1.29 is 38.2 Å². The van der Waals surface area contributed by atoms with Crippen molar-refractivity contribution in [2.24, 2.45) is 11.5 Å². The summed E-state index contributed by atoms with van der Waals surface area (Å²) >= 11 is 0. The number of rotatable bonds is 16. The molecule has 0 saturated carbocycles. The number of nitrogens with one attached hydrogen (secondary N) is 3. The quantitative estimate of drug-likeness (QED) is 0.106. The maximum absolute atomic E-state index is 13.5. The van der Waals surface area contributed by atoms with Crippen LogP contribution in [0.1, 0.15) is 41.7 Å². The molecule has 3 unspecified atom stereocenters. The number of aromatic nitrogens is 1. The number of hydrogen-bond acceptors (Lipinski definition) is 9. The summed E-state index contributed by atoms with van der Waals surface area (Å²) in [7, 11) is 1.16. The second-order valence-electron chi connectivity index (χ2n) is 10.9. The van der Waals surface area contributed by atoms with Crippen LogP contribution in [0.5, 0.6) is 0 Å². The van der Waals surface area contributed by atoms with Crippen LogP contribution in [-0.2, 0) is 39.9 Å². The predicted octanol–water partition coefficient (Wildman–Crippen LogP) is 0.0169. The van der Waals surface area contributed by atoms with Crippen molar-refractivity contribution in [1.29, 1.82) is 0 Å². The van der Waals surface area contributed by atoms with Gasteiger partial charge < -0.3 is 36.9 Å². The number of nitrogens with zero attached hydrogens (tertiary/aromatic N) is 1. The average molecular weight is 633 g/mol. The highest BCUT2D eigenvalue weighted by Crippen LogP contribution is 2.30. The monoisotopic (exact) mass is 632 g/mol. The number of amides is 5. The van der Waals surface area contributed by atoms with Crippen molar-refractivity contribution in [3.63, 3.8) is 0 Å². The summed E-state index contributed by atoms with van der Waals surface area (Å²) in [6, 6.07) is 16.6. The number of pyridine rings is 1. The van der Waals surface area contributed by atoms with Crippen LogP contribution in [0.2, 0.25) is 0 Å². The fraction of sp³-hybridized carbons (Fsp3) is 0.344. The Morgan fingerprint density at radius 2 is 1.59 bits per heavy atom. The summed E-state index contributed by atoms with van der Waals surface area (Å²) in [5.74, 6) is -4.03. The summed E-state index contributed by atoms with van der Waals surface area (Å²) in [6.45, 7) is 0. The molecular weight excluding hydrogens is 596 g/mol. The molecule has 14 nitrogen and oxygen atoms in total. The van der Waals surface area contributed by atoms with Gasteiger partial charge in [0.05, 0.1) is 37.6 Å². The van der Waals surface area contributed by atoms with Gasteiger partial charge in [0.2, 0.25) is 23.6 Å². The van der Waals surface area contributed by atoms with Crippen molar-refractivity contribution in [2.45, 2.75) is 62.4 Å². The van der Waals surface area contributed by atoms with E-state index in [1.165, 1.54) is 6.07 Å². The Morgan fingerprint density at radius 1 is 0.870 bits per heavy atom. The number of epoxide rings is 1. The van der Waals surface area contributed by atoms with Gasteiger partial charge in [-0.25, -0.2) is 9.78 Å². The molecule has 0 spiro atoms. The first-order chi connectivity index (χ1) is 22.0. The summed E-state index contributed by atoms with van der Waals surface area (Å²) in [6.07, 6.45) is -1.70. The van der Waals surface area contributed by atoms with Gasteiger partial charge in [-0.1, -0.05) is 54.6 Å². The molecule has 0 radical (unpaired) electrons. The Morgan fingerprint density at radius 3 is 2.28 bits per heavy atom. The highest BCUT2D eigenvalue weighted by atomic mass is 16.6. The number of primary amides is 2. The van der Waals surface area contributed by atoms with Crippen LogP contribution >= 0.6 is 0 Å². The van der Waals surface area contributed by atoms with E-state index in [9.17, 15) is 28.8 Å². The second kappa shape index (κ2) is 15.6. The SMILES string of the molecule is COC(=O)[C@H](CCC(N)=O)NC(=O)CC1OC1C(Cc1ccccc1)NC(=O)[C@@H](CC(N)=O)NC(=O)c1ccc2ccccc2n1. The molecule has 1 aromatic heterocycles. The number of para-hydroxylation sites is 1. The Hall–Kier alpha value is -5.37. The molecule has 242 valence electrons. The molecule has 2 heterocycles. The van der Waals surface area contributed by atoms with Gasteiger partial charge in [-0.15, -0.1) is 0 Å². The third kappa shape index (κ3) is 9.56. The minimum atomic E-state index is -1.32. The minimum Gasteiger partial charge on any atom is -0.467 e. The molecule has 1 saturated heterocycles. The predicted molar refractivity (Wildman–Crippen MR) is 165 cm³/mol. The van der Waals surface area contributed by atoms with Crippen LogP contribution in [-0.4, -0.2) is 77.9 Å².